The van der Waals surface area contributed by atoms with Crippen LogP contribution in [0.25, 0.3) is 0 Å². The molecule has 0 bridgehead atoms. The fourth-order valence-corrected chi connectivity index (χ4v) is 9.68. The molecular formula is C43H60FN3O9. The number of ether oxygens (including phenoxy) is 3. The molecule has 2 heterocycles. The van der Waals surface area contributed by atoms with Crippen LogP contribution in [0.3, 0.4) is 0 Å². The molecule has 0 radical (unpaired) electrons. The summed E-state index contributed by atoms with van der Waals surface area (Å²) in [6.07, 6.45) is 13.2. The van der Waals surface area contributed by atoms with Gasteiger partial charge in [-0.3, -0.25) is 14.2 Å². The molecule has 5 fully saturated rings. The van der Waals surface area contributed by atoms with E-state index in [1.165, 1.54) is 30.7 Å². The van der Waals surface area contributed by atoms with Gasteiger partial charge in [0.25, 0.3) is 0 Å². The molecule has 1 aromatic heterocycles. The number of fused-ring (bicyclic) bond motifs is 1. The van der Waals surface area contributed by atoms with E-state index in [9.17, 15) is 29.7 Å². The van der Waals surface area contributed by atoms with Crippen LogP contribution in [0, 0.1) is 29.1 Å². The Morgan fingerprint density at radius 2 is 1.88 bits per heavy atom. The number of nitrogens with zero attached hydrogens (tertiary/aromatic N) is 2. The Balaban J connectivity index is 0.943. The van der Waals surface area contributed by atoms with Crippen LogP contribution < -0.4 is 11.4 Å². The number of halogens is 1. The lowest BCUT2D eigenvalue weighted by molar-refractivity contribution is -0.152. The Hall–Kier alpha value is -3.65. The quantitative estimate of drug-likeness (QED) is 0.105. The van der Waals surface area contributed by atoms with Crippen LogP contribution in [0.2, 0.25) is 0 Å². The summed E-state index contributed by atoms with van der Waals surface area (Å²) < 4.78 is 32.9. The molecule has 1 aromatic rings. The molecule has 5 N–H and O–H groups in total. The van der Waals surface area contributed by atoms with Crippen molar-refractivity contribution < 1.29 is 43.5 Å². The van der Waals surface area contributed by atoms with Gasteiger partial charge in [-0.1, -0.05) is 50.3 Å². The minimum Gasteiger partial charge on any atom is -0.463 e. The summed E-state index contributed by atoms with van der Waals surface area (Å²) in [6, 6.07) is 1.31. The average Bonchev–Trinajstić information content (AvgIpc) is 3.90. The number of carbonyl (C=O) groups is 2. The van der Waals surface area contributed by atoms with Crippen LogP contribution >= 0.6 is 0 Å². The summed E-state index contributed by atoms with van der Waals surface area (Å²) in [7, 11) is 0. The summed E-state index contributed by atoms with van der Waals surface area (Å²) >= 11 is 0. The second-order valence-corrected chi connectivity index (χ2v) is 17.2. The van der Waals surface area contributed by atoms with E-state index in [1.807, 2.05) is 6.08 Å². The fourth-order valence-electron chi connectivity index (χ4n) is 9.68. The largest absolute Gasteiger partial charge is 0.463 e. The van der Waals surface area contributed by atoms with Crippen molar-refractivity contribution in [2.45, 2.75) is 147 Å². The number of nitrogens with two attached hydrogens (primary N) is 1. The average molecular weight is 782 g/mol. The highest BCUT2D eigenvalue weighted by Gasteiger charge is 2.56. The van der Waals surface area contributed by atoms with Crippen molar-refractivity contribution in [1.82, 2.24) is 9.55 Å². The number of aliphatic hydroxyl groups is 3. The van der Waals surface area contributed by atoms with Gasteiger partial charge in [-0.25, -0.2) is 9.18 Å². The zero-order valence-electron chi connectivity index (χ0n) is 33.0. The molecule has 1 saturated heterocycles. The van der Waals surface area contributed by atoms with E-state index in [-0.39, 0.29) is 36.6 Å². The van der Waals surface area contributed by atoms with Crippen molar-refractivity contribution in [3.05, 3.63) is 70.3 Å². The number of allylic oxidation sites excluding steroid dienone is 4. The van der Waals surface area contributed by atoms with E-state index in [4.69, 9.17) is 19.9 Å². The van der Waals surface area contributed by atoms with Gasteiger partial charge in [-0.05, 0) is 111 Å². The highest BCUT2D eigenvalue weighted by molar-refractivity contribution is 5.71. The number of hydrogen-bond acceptors (Lipinski definition) is 11. The first-order valence-corrected chi connectivity index (χ1v) is 20.4. The molecule has 56 heavy (non-hydrogen) atoms. The van der Waals surface area contributed by atoms with E-state index in [1.54, 1.807) is 0 Å². The van der Waals surface area contributed by atoms with Crippen LogP contribution in [0.4, 0.5) is 10.2 Å². The third-order valence-corrected chi connectivity index (χ3v) is 13.2. The normalized spacial score (nSPS) is 35.8. The number of nitrogen functional groups attached to an aromatic ring is 1. The minimum atomic E-state index is -2.37. The second kappa shape index (κ2) is 17.5. The van der Waals surface area contributed by atoms with Gasteiger partial charge in [0, 0.05) is 31.9 Å². The third-order valence-electron chi connectivity index (χ3n) is 13.2. The predicted molar refractivity (Wildman–Crippen MR) is 207 cm³/mol. The topological polar surface area (TPSA) is 183 Å². The van der Waals surface area contributed by atoms with Crippen molar-refractivity contribution >= 4 is 17.8 Å². The Labute approximate surface area is 328 Å². The molecule has 0 amide bonds. The van der Waals surface area contributed by atoms with Crippen molar-refractivity contribution in [3.8, 4) is 0 Å². The minimum absolute atomic E-state index is 0.0166. The zero-order chi connectivity index (χ0) is 40.4. The number of carbonyl (C=O) groups excluding carboxylic acids is 2. The number of alkyl halides is 1. The lowest BCUT2D eigenvalue weighted by Gasteiger charge is -2.44. The monoisotopic (exact) mass is 781 g/mol. The van der Waals surface area contributed by atoms with E-state index < -0.39 is 60.5 Å². The highest BCUT2D eigenvalue weighted by Crippen LogP contribution is 2.59. The second-order valence-electron chi connectivity index (χ2n) is 17.2. The number of rotatable bonds is 14. The maximum Gasteiger partial charge on any atom is 0.351 e. The molecule has 13 heteroatoms. The number of aliphatic hydroxyl groups excluding tert-OH is 3. The summed E-state index contributed by atoms with van der Waals surface area (Å²) in [5.41, 5.74) is 5.47. The molecule has 7 unspecified atom stereocenters. The van der Waals surface area contributed by atoms with Crippen LogP contribution in [0.5, 0.6) is 0 Å². The van der Waals surface area contributed by atoms with Crippen LogP contribution in [0.1, 0.15) is 110 Å². The van der Waals surface area contributed by atoms with E-state index in [0.29, 0.717) is 48.5 Å². The Morgan fingerprint density at radius 1 is 1.14 bits per heavy atom. The number of anilines is 1. The van der Waals surface area contributed by atoms with Crippen molar-refractivity contribution in [1.29, 1.82) is 0 Å². The Kier molecular flexibility index (Phi) is 13.1. The van der Waals surface area contributed by atoms with Crippen molar-refractivity contribution in [2.24, 2.45) is 29.1 Å². The SMILES string of the molecule is C=C1/C(=C\C=C2/CCC[C@@]3(C)C2CCC3[C@@H](C)/C=C/C(O)C2CC2)C[C@@H](OC(=O)CCCCC(=O)OCC2OC(n3ccc(N)nc3=O)C(C)(F)C2O)C[C@@H]1O. The standard InChI is InChI=1S/C43H60FN3O9/c1-25(11-18-33(48)28-13-14-28)31-16-17-32-27(8-7-20-42(31,32)3)12-15-29-22-30(23-34(49)26(29)2)55-38(51)10-6-5-9-37(50)54-24-35-39(52)43(4,44)40(56-35)47-21-19-36(45)46-41(47)53/h11-12,15,18-19,21,25,28,30-35,39-40,48-49,52H,2,5-10,13-14,16-17,20,22-24H2,1,3-4H3,(H2,45,46,53)/b18-11+,27-12+,29-15-/t25-,30+,31?,32?,33?,34-,35?,39?,40?,42+,43?/m0/s1. The molecule has 5 aliphatic rings. The first kappa shape index (κ1) is 42.0. The van der Waals surface area contributed by atoms with Crippen LogP contribution in [-0.2, 0) is 23.8 Å². The lowest BCUT2D eigenvalue weighted by atomic mass is 9.61. The number of unbranched alkanes of at least 4 members (excludes halogenated alkanes) is 1. The lowest BCUT2D eigenvalue weighted by Crippen LogP contribution is -2.43. The van der Waals surface area contributed by atoms with E-state index in [0.717, 1.165) is 49.2 Å². The van der Waals surface area contributed by atoms with Gasteiger partial charge in [-0.15, -0.1) is 0 Å². The number of aromatic nitrogens is 2. The highest BCUT2D eigenvalue weighted by atomic mass is 19.1. The molecule has 6 rings (SSSR count). The van der Waals surface area contributed by atoms with Gasteiger partial charge in [-0.2, -0.15) is 4.98 Å². The van der Waals surface area contributed by atoms with Crippen LogP contribution in [-0.4, -0.2) is 79.6 Å². The number of hydrogen-bond donors (Lipinski definition) is 4. The van der Waals surface area contributed by atoms with E-state index >= 15 is 4.39 Å². The maximum atomic E-state index is 15.4. The van der Waals surface area contributed by atoms with Gasteiger partial charge >= 0.3 is 17.6 Å². The summed E-state index contributed by atoms with van der Waals surface area (Å²) in [6.45, 7) is 9.55. The van der Waals surface area contributed by atoms with Gasteiger partial charge in [0.15, 0.2) is 11.9 Å². The first-order chi connectivity index (χ1) is 26.6. The Morgan fingerprint density at radius 3 is 2.59 bits per heavy atom. The summed E-state index contributed by atoms with van der Waals surface area (Å²) in [5.74, 6) is 0.819. The summed E-state index contributed by atoms with van der Waals surface area (Å²) in [5, 5.41) is 31.7. The zero-order valence-corrected chi connectivity index (χ0v) is 33.0. The van der Waals surface area contributed by atoms with Crippen LogP contribution in [0.15, 0.2) is 64.7 Å². The molecule has 4 aliphatic carbocycles. The fraction of sp³-hybridized carbons (Fsp3) is 0.674. The molecule has 12 nitrogen and oxygen atoms in total. The molecule has 0 aromatic carbocycles. The van der Waals surface area contributed by atoms with Gasteiger partial charge in [0.05, 0.1) is 12.2 Å². The smallest absolute Gasteiger partial charge is 0.351 e. The predicted octanol–water partition coefficient (Wildman–Crippen LogP) is 5.57. The van der Waals surface area contributed by atoms with Gasteiger partial charge in [0.2, 0.25) is 0 Å². The van der Waals surface area contributed by atoms with Gasteiger partial charge in [0.1, 0.15) is 30.7 Å². The molecule has 4 saturated carbocycles. The van der Waals surface area contributed by atoms with E-state index in [2.05, 4.69) is 43.6 Å². The molecule has 1 aliphatic heterocycles. The number of esters is 2. The Bertz CT molecular complexity index is 1770. The van der Waals surface area contributed by atoms with Crippen molar-refractivity contribution in [3.63, 3.8) is 0 Å². The molecule has 11 atom stereocenters. The first-order valence-electron chi connectivity index (χ1n) is 20.4. The van der Waals surface area contributed by atoms with Gasteiger partial charge < -0.3 is 35.3 Å². The molecule has 0 spiro atoms. The molecule has 308 valence electrons. The maximum absolute atomic E-state index is 15.4. The third kappa shape index (κ3) is 9.38. The van der Waals surface area contributed by atoms with Crippen molar-refractivity contribution in [2.75, 3.05) is 12.3 Å². The summed E-state index contributed by atoms with van der Waals surface area (Å²) in [4.78, 5) is 41.0. The molecular weight excluding hydrogens is 721 g/mol.